The zero-order chi connectivity index (χ0) is 9.80. The molecule has 0 unspecified atom stereocenters. The van der Waals surface area contributed by atoms with Crippen LogP contribution >= 0.6 is 0 Å². The van der Waals surface area contributed by atoms with Crippen molar-refractivity contribution < 1.29 is 9.53 Å². The van der Waals surface area contributed by atoms with Crippen LogP contribution in [0.1, 0.15) is 32.1 Å². The lowest BCUT2D eigenvalue weighted by Crippen LogP contribution is -2.32. The topological polar surface area (TPSA) is 38.3 Å². The molecule has 1 N–H and O–H groups in total. The molecule has 0 aromatic rings. The van der Waals surface area contributed by atoms with E-state index in [2.05, 4.69) is 5.32 Å². The number of hydrogen-bond donors (Lipinski definition) is 1. The molecule has 0 amide bonds. The Bertz CT molecular complexity index is 195. The van der Waals surface area contributed by atoms with E-state index in [-0.39, 0.29) is 0 Å². The molecule has 3 nitrogen and oxygen atoms in total. The molecule has 0 atom stereocenters. The summed E-state index contributed by atoms with van der Waals surface area (Å²) in [5.41, 5.74) is 0. The van der Waals surface area contributed by atoms with E-state index in [1.807, 2.05) is 0 Å². The summed E-state index contributed by atoms with van der Waals surface area (Å²) in [6.45, 7) is 2.75. The fraction of sp³-hybridized carbons (Fsp3) is 0.909. The summed E-state index contributed by atoms with van der Waals surface area (Å²) in [6.07, 6.45) is 5.45. The molecule has 2 rings (SSSR count). The van der Waals surface area contributed by atoms with Crippen LogP contribution in [-0.4, -0.2) is 31.6 Å². The SMILES string of the molecule is O=C(CCOC1CCNCC1)C1CC1. The number of ketones is 1. The van der Waals surface area contributed by atoms with Gasteiger partial charge in [0, 0.05) is 12.3 Å². The summed E-state index contributed by atoms with van der Waals surface area (Å²) in [6, 6.07) is 0. The molecule has 80 valence electrons. The van der Waals surface area contributed by atoms with Crippen LogP contribution in [0.5, 0.6) is 0 Å². The van der Waals surface area contributed by atoms with E-state index in [0.717, 1.165) is 38.8 Å². The number of piperidine rings is 1. The molecule has 0 radical (unpaired) electrons. The zero-order valence-corrected chi connectivity index (χ0v) is 8.63. The van der Waals surface area contributed by atoms with Crippen LogP contribution in [-0.2, 0) is 9.53 Å². The molecule has 1 saturated heterocycles. The minimum absolute atomic E-state index is 0.392. The van der Waals surface area contributed by atoms with Crippen LogP contribution in [0.2, 0.25) is 0 Å². The van der Waals surface area contributed by atoms with Gasteiger partial charge in [-0.25, -0.2) is 0 Å². The van der Waals surface area contributed by atoms with Gasteiger partial charge in [-0.05, 0) is 38.8 Å². The third-order valence-electron chi connectivity index (χ3n) is 3.02. The summed E-state index contributed by atoms with van der Waals surface area (Å²) in [5, 5.41) is 3.30. The van der Waals surface area contributed by atoms with Crippen LogP contribution in [0.4, 0.5) is 0 Å². The van der Waals surface area contributed by atoms with E-state index in [4.69, 9.17) is 4.74 Å². The predicted molar refractivity (Wildman–Crippen MR) is 54.2 cm³/mol. The number of carbonyl (C=O) groups is 1. The Hall–Kier alpha value is -0.410. The largest absolute Gasteiger partial charge is 0.378 e. The summed E-state index contributed by atoms with van der Waals surface area (Å²) in [4.78, 5) is 11.4. The molecule has 3 heteroatoms. The van der Waals surface area contributed by atoms with Gasteiger partial charge in [0.05, 0.1) is 12.7 Å². The van der Waals surface area contributed by atoms with Crippen molar-refractivity contribution in [3.63, 3.8) is 0 Å². The average molecular weight is 197 g/mol. The molecule has 0 aromatic carbocycles. The second-order valence-electron chi connectivity index (χ2n) is 4.31. The summed E-state index contributed by atoms with van der Waals surface area (Å²) in [7, 11) is 0. The molecule has 2 fully saturated rings. The van der Waals surface area contributed by atoms with Crippen molar-refractivity contribution in [2.45, 2.75) is 38.2 Å². The Morgan fingerprint density at radius 1 is 1.21 bits per heavy atom. The smallest absolute Gasteiger partial charge is 0.138 e. The normalized spacial score (nSPS) is 23.7. The molecular weight excluding hydrogens is 178 g/mol. The van der Waals surface area contributed by atoms with Gasteiger partial charge in [0.25, 0.3) is 0 Å². The van der Waals surface area contributed by atoms with Gasteiger partial charge in [-0.2, -0.15) is 0 Å². The van der Waals surface area contributed by atoms with Gasteiger partial charge >= 0.3 is 0 Å². The van der Waals surface area contributed by atoms with Crippen LogP contribution in [0.15, 0.2) is 0 Å². The maximum atomic E-state index is 11.4. The highest BCUT2D eigenvalue weighted by Crippen LogP contribution is 2.30. The van der Waals surface area contributed by atoms with Crippen molar-refractivity contribution in [2.24, 2.45) is 5.92 Å². The van der Waals surface area contributed by atoms with E-state index in [0.29, 0.717) is 30.8 Å². The van der Waals surface area contributed by atoms with Crippen molar-refractivity contribution in [3.8, 4) is 0 Å². The third kappa shape index (κ3) is 3.07. The van der Waals surface area contributed by atoms with Gasteiger partial charge in [-0.15, -0.1) is 0 Å². The monoisotopic (exact) mass is 197 g/mol. The number of rotatable bonds is 5. The van der Waals surface area contributed by atoms with E-state index in [1.54, 1.807) is 0 Å². The van der Waals surface area contributed by atoms with E-state index >= 15 is 0 Å². The highest BCUT2D eigenvalue weighted by molar-refractivity contribution is 5.83. The maximum Gasteiger partial charge on any atom is 0.138 e. The first-order valence-electron chi connectivity index (χ1n) is 5.71. The first-order chi connectivity index (χ1) is 6.86. The van der Waals surface area contributed by atoms with Crippen LogP contribution in [0.25, 0.3) is 0 Å². The van der Waals surface area contributed by atoms with E-state index < -0.39 is 0 Å². The van der Waals surface area contributed by atoms with Crippen molar-refractivity contribution in [2.75, 3.05) is 19.7 Å². The van der Waals surface area contributed by atoms with Gasteiger partial charge < -0.3 is 10.1 Å². The quantitative estimate of drug-likeness (QED) is 0.718. The fourth-order valence-electron chi connectivity index (χ4n) is 1.90. The zero-order valence-electron chi connectivity index (χ0n) is 8.63. The number of ether oxygens (including phenoxy) is 1. The first-order valence-corrected chi connectivity index (χ1v) is 5.71. The Balaban J connectivity index is 1.54. The molecule has 0 spiro atoms. The molecule has 0 aromatic heterocycles. The van der Waals surface area contributed by atoms with E-state index in [1.165, 1.54) is 0 Å². The second kappa shape index (κ2) is 4.89. The highest BCUT2D eigenvalue weighted by atomic mass is 16.5. The molecule has 14 heavy (non-hydrogen) atoms. The maximum absolute atomic E-state index is 11.4. The Kier molecular flexibility index (Phi) is 3.54. The summed E-state index contributed by atoms with van der Waals surface area (Å²) in [5.74, 6) is 0.811. The van der Waals surface area contributed by atoms with Crippen LogP contribution in [0.3, 0.4) is 0 Å². The number of hydrogen-bond acceptors (Lipinski definition) is 3. The summed E-state index contributed by atoms with van der Waals surface area (Å²) < 4.78 is 5.67. The molecule has 2 aliphatic rings. The number of nitrogens with one attached hydrogen (secondary N) is 1. The van der Waals surface area contributed by atoms with Crippen molar-refractivity contribution >= 4 is 5.78 Å². The number of carbonyl (C=O) groups excluding carboxylic acids is 1. The Labute approximate surface area is 85.2 Å². The fourth-order valence-corrected chi connectivity index (χ4v) is 1.90. The van der Waals surface area contributed by atoms with Gasteiger partial charge in [0.2, 0.25) is 0 Å². The minimum Gasteiger partial charge on any atom is -0.378 e. The molecule has 1 heterocycles. The van der Waals surface area contributed by atoms with Gasteiger partial charge in [0.1, 0.15) is 5.78 Å². The van der Waals surface area contributed by atoms with Gasteiger partial charge in [-0.1, -0.05) is 0 Å². The highest BCUT2D eigenvalue weighted by Gasteiger charge is 2.28. The third-order valence-corrected chi connectivity index (χ3v) is 3.02. The van der Waals surface area contributed by atoms with Crippen molar-refractivity contribution in [1.29, 1.82) is 0 Å². The minimum atomic E-state index is 0.392. The Morgan fingerprint density at radius 3 is 2.57 bits per heavy atom. The Morgan fingerprint density at radius 2 is 1.93 bits per heavy atom. The predicted octanol–water partition coefficient (Wildman–Crippen LogP) is 1.12. The van der Waals surface area contributed by atoms with Crippen LogP contribution in [0, 0.1) is 5.92 Å². The van der Waals surface area contributed by atoms with E-state index in [9.17, 15) is 4.79 Å². The standard InChI is InChI=1S/C11H19NO2/c13-11(9-1-2-9)5-8-14-10-3-6-12-7-4-10/h9-10,12H,1-8H2. The first kappa shape index (κ1) is 10.1. The molecule has 0 bridgehead atoms. The average Bonchev–Trinajstić information content (AvgIpc) is 3.02. The molecule has 1 aliphatic carbocycles. The van der Waals surface area contributed by atoms with Gasteiger partial charge in [-0.3, -0.25) is 4.79 Å². The lowest BCUT2D eigenvalue weighted by Gasteiger charge is -2.22. The molecule has 1 saturated carbocycles. The van der Waals surface area contributed by atoms with Crippen LogP contribution < -0.4 is 5.32 Å². The molecular formula is C11H19NO2. The van der Waals surface area contributed by atoms with Gasteiger partial charge in [0.15, 0.2) is 0 Å². The number of Topliss-reactive ketones (excluding diaryl/α,β-unsaturated/α-hetero) is 1. The lowest BCUT2D eigenvalue weighted by molar-refractivity contribution is -0.121. The summed E-state index contributed by atoms with van der Waals surface area (Å²) >= 11 is 0. The van der Waals surface area contributed by atoms with Crippen molar-refractivity contribution in [3.05, 3.63) is 0 Å². The second-order valence-corrected chi connectivity index (χ2v) is 4.31. The lowest BCUT2D eigenvalue weighted by atomic mass is 10.1. The molecule has 1 aliphatic heterocycles. The van der Waals surface area contributed by atoms with Crippen molar-refractivity contribution in [1.82, 2.24) is 5.32 Å².